The lowest BCUT2D eigenvalue weighted by Gasteiger charge is -2.10. The number of ether oxygens (including phenoxy) is 1. The van der Waals surface area contributed by atoms with Crippen LogP contribution in [0.2, 0.25) is 0 Å². The first-order valence-corrected chi connectivity index (χ1v) is 7.69. The summed E-state index contributed by atoms with van der Waals surface area (Å²) < 4.78 is 5.71. The van der Waals surface area contributed by atoms with Gasteiger partial charge in [0.1, 0.15) is 5.75 Å². The molecule has 3 aromatic rings. The number of nitrogens with one attached hydrogen (secondary N) is 2. The van der Waals surface area contributed by atoms with Crippen LogP contribution in [0.1, 0.15) is 17.5 Å². The van der Waals surface area contributed by atoms with Gasteiger partial charge >= 0.3 is 0 Å². The van der Waals surface area contributed by atoms with E-state index < -0.39 is 0 Å². The standard InChI is InChI=1S/C19H20N2O2/c1-13-6-7-18(14(2)12-13)23-11-9-19(22)21-17-5-3-4-16-15(17)8-10-20-16/h3-8,10,12,20H,9,11H2,1-2H3,(H,21,22). The lowest BCUT2D eigenvalue weighted by molar-refractivity contribution is -0.116. The molecule has 1 heterocycles. The van der Waals surface area contributed by atoms with E-state index >= 15 is 0 Å². The van der Waals surface area contributed by atoms with Crippen molar-refractivity contribution >= 4 is 22.5 Å². The van der Waals surface area contributed by atoms with Crippen LogP contribution in [0, 0.1) is 13.8 Å². The van der Waals surface area contributed by atoms with Crippen molar-refractivity contribution in [3.63, 3.8) is 0 Å². The quantitative estimate of drug-likeness (QED) is 0.742. The minimum atomic E-state index is -0.0523. The Hall–Kier alpha value is -2.75. The summed E-state index contributed by atoms with van der Waals surface area (Å²) >= 11 is 0. The summed E-state index contributed by atoms with van der Waals surface area (Å²) in [6, 6.07) is 13.8. The Labute approximate surface area is 135 Å². The molecule has 2 aromatic carbocycles. The Morgan fingerprint density at radius 2 is 2.04 bits per heavy atom. The van der Waals surface area contributed by atoms with Gasteiger partial charge in [-0.2, -0.15) is 0 Å². The van der Waals surface area contributed by atoms with Gasteiger partial charge in [0.25, 0.3) is 0 Å². The fourth-order valence-corrected chi connectivity index (χ4v) is 2.62. The summed E-state index contributed by atoms with van der Waals surface area (Å²) in [4.78, 5) is 15.2. The maximum atomic E-state index is 12.1. The third kappa shape index (κ3) is 3.54. The summed E-state index contributed by atoms with van der Waals surface area (Å²) in [7, 11) is 0. The molecule has 1 amide bonds. The van der Waals surface area contributed by atoms with Crippen molar-refractivity contribution in [3.05, 3.63) is 59.8 Å². The monoisotopic (exact) mass is 308 g/mol. The number of amides is 1. The van der Waals surface area contributed by atoms with Crippen LogP contribution in [-0.2, 0) is 4.79 Å². The Morgan fingerprint density at radius 1 is 1.17 bits per heavy atom. The van der Waals surface area contributed by atoms with Crippen LogP contribution in [0.3, 0.4) is 0 Å². The van der Waals surface area contributed by atoms with Crippen LogP contribution in [0.15, 0.2) is 48.7 Å². The van der Waals surface area contributed by atoms with Gasteiger partial charge in [0.15, 0.2) is 0 Å². The number of benzene rings is 2. The van der Waals surface area contributed by atoms with E-state index in [9.17, 15) is 4.79 Å². The third-order valence-electron chi connectivity index (χ3n) is 3.79. The molecule has 0 aliphatic carbocycles. The van der Waals surface area contributed by atoms with Gasteiger partial charge < -0.3 is 15.0 Å². The number of aryl methyl sites for hydroxylation is 2. The molecule has 4 nitrogen and oxygen atoms in total. The molecule has 118 valence electrons. The molecule has 2 N–H and O–H groups in total. The predicted octanol–water partition coefficient (Wildman–Crippen LogP) is 4.19. The molecule has 3 rings (SSSR count). The minimum absolute atomic E-state index is 0.0523. The highest BCUT2D eigenvalue weighted by Crippen LogP contribution is 2.22. The highest BCUT2D eigenvalue weighted by atomic mass is 16.5. The second-order valence-corrected chi connectivity index (χ2v) is 5.66. The molecule has 1 aromatic heterocycles. The first-order chi connectivity index (χ1) is 11.1. The van der Waals surface area contributed by atoms with E-state index in [2.05, 4.69) is 16.4 Å². The number of fused-ring (bicyclic) bond motifs is 1. The summed E-state index contributed by atoms with van der Waals surface area (Å²) in [5.41, 5.74) is 4.12. The molecule has 0 saturated heterocycles. The number of rotatable bonds is 5. The van der Waals surface area contributed by atoms with E-state index in [0.29, 0.717) is 13.0 Å². The second-order valence-electron chi connectivity index (χ2n) is 5.66. The summed E-state index contributed by atoms with van der Waals surface area (Å²) in [5.74, 6) is 0.777. The molecule has 0 radical (unpaired) electrons. The Bertz CT molecular complexity index is 836. The number of anilines is 1. The average molecular weight is 308 g/mol. The third-order valence-corrected chi connectivity index (χ3v) is 3.79. The number of carbonyl (C=O) groups excluding carboxylic acids is 1. The molecule has 0 aliphatic heterocycles. The largest absolute Gasteiger partial charge is 0.493 e. The molecule has 0 aliphatic rings. The molecule has 4 heteroatoms. The molecular weight excluding hydrogens is 288 g/mol. The highest BCUT2D eigenvalue weighted by molar-refractivity contribution is 6.01. The number of H-pyrrole nitrogens is 1. The van der Waals surface area contributed by atoms with Crippen LogP contribution in [-0.4, -0.2) is 17.5 Å². The van der Waals surface area contributed by atoms with Crippen molar-refractivity contribution < 1.29 is 9.53 Å². The van der Waals surface area contributed by atoms with E-state index in [1.807, 2.05) is 56.4 Å². The minimum Gasteiger partial charge on any atom is -0.493 e. The molecule has 0 atom stereocenters. The van der Waals surface area contributed by atoms with Crippen molar-refractivity contribution in [2.24, 2.45) is 0 Å². The lowest BCUT2D eigenvalue weighted by Crippen LogP contribution is -2.15. The molecule has 0 unspecified atom stereocenters. The van der Waals surface area contributed by atoms with E-state index in [4.69, 9.17) is 4.74 Å². The van der Waals surface area contributed by atoms with E-state index in [-0.39, 0.29) is 5.91 Å². The normalized spacial score (nSPS) is 10.7. The second kappa shape index (κ2) is 6.57. The van der Waals surface area contributed by atoms with Crippen molar-refractivity contribution in [3.8, 4) is 5.75 Å². The van der Waals surface area contributed by atoms with Crippen LogP contribution in [0.4, 0.5) is 5.69 Å². The zero-order valence-electron chi connectivity index (χ0n) is 13.3. The summed E-state index contributed by atoms with van der Waals surface area (Å²) in [5, 5.41) is 3.95. The maximum absolute atomic E-state index is 12.1. The molecule has 0 spiro atoms. The van der Waals surface area contributed by atoms with Gasteiger partial charge in [0, 0.05) is 17.1 Å². The number of aromatic amines is 1. The Balaban J connectivity index is 1.56. The zero-order valence-corrected chi connectivity index (χ0v) is 13.3. The summed E-state index contributed by atoms with van der Waals surface area (Å²) in [6.07, 6.45) is 2.18. The highest BCUT2D eigenvalue weighted by Gasteiger charge is 2.07. The van der Waals surface area contributed by atoms with Crippen LogP contribution < -0.4 is 10.1 Å². The van der Waals surface area contributed by atoms with Crippen LogP contribution in [0.25, 0.3) is 10.9 Å². The smallest absolute Gasteiger partial charge is 0.227 e. The number of aromatic nitrogens is 1. The van der Waals surface area contributed by atoms with Crippen molar-refractivity contribution in [2.75, 3.05) is 11.9 Å². The summed E-state index contributed by atoms with van der Waals surface area (Å²) in [6.45, 7) is 4.42. The van der Waals surface area contributed by atoms with Gasteiger partial charge in [0.05, 0.1) is 18.7 Å². The zero-order chi connectivity index (χ0) is 16.2. The average Bonchev–Trinajstić information content (AvgIpc) is 2.99. The van der Waals surface area contributed by atoms with Crippen molar-refractivity contribution in [1.29, 1.82) is 0 Å². The molecule has 0 saturated carbocycles. The van der Waals surface area contributed by atoms with Gasteiger partial charge in [-0.25, -0.2) is 0 Å². The first-order valence-electron chi connectivity index (χ1n) is 7.69. The van der Waals surface area contributed by atoms with Crippen LogP contribution in [0.5, 0.6) is 5.75 Å². The van der Waals surface area contributed by atoms with Crippen molar-refractivity contribution in [2.45, 2.75) is 20.3 Å². The SMILES string of the molecule is Cc1ccc(OCCC(=O)Nc2cccc3[nH]ccc23)c(C)c1. The Kier molecular flexibility index (Phi) is 4.33. The van der Waals surface area contributed by atoms with Gasteiger partial charge in [0.2, 0.25) is 5.91 Å². The predicted molar refractivity (Wildman–Crippen MR) is 93.0 cm³/mol. The number of carbonyl (C=O) groups is 1. The number of hydrogen-bond donors (Lipinski definition) is 2. The Morgan fingerprint density at radius 3 is 2.87 bits per heavy atom. The molecule has 23 heavy (non-hydrogen) atoms. The van der Waals surface area contributed by atoms with Gasteiger partial charge in [-0.15, -0.1) is 0 Å². The van der Waals surface area contributed by atoms with Gasteiger partial charge in [-0.05, 0) is 43.7 Å². The molecule has 0 fully saturated rings. The molecular formula is C19H20N2O2. The first kappa shape index (κ1) is 15.2. The van der Waals surface area contributed by atoms with Crippen LogP contribution >= 0.6 is 0 Å². The van der Waals surface area contributed by atoms with E-state index in [1.54, 1.807) is 0 Å². The fraction of sp³-hybridized carbons (Fsp3) is 0.211. The van der Waals surface area contributed by atoms with Gasteiger partial charge in [-0.3, -0.25) is 4.79 Å². The maximum Gasteiger partial charge on any atom is 0.227 e. The number of hydrogen-bond acceptors (Lipinski definition) is 2. The van der Waals surface area contributed by atoms with E-state index in [0.717, 1.165) is 27.9 Å². The molecule has 0 bridgehead atoms. The topological polar surface area (TPSA) is 54.1 Å². The fourth-order valence-electron chi connectivity index (χ4n) is 2.62. The van der Waals surface area contributed by atoms with Gasteiger partial charge in [-0.1, -0.05) is 23.8 Å². The lowest BCUT2D eigenvalue weighted by atomic mass is 10.1. The van der Waals surface area contributed by atoms with Crippen molar-refractivity contribution in [1.82, 2.24) is 4.98 Å². The van der Waals surface area contributed by atoms with E-state index in [1.165, 1.54) is 5.56 Å².